The summed E-state index contributed by atoms with van der Waals surface area (Å²) in [6.45, 7) is 4.66. The second-order valence-corrected chi connectivity index (χ2v) is 8.64. The van der Waals surface area contributed by atoms with Crippen molar-refractivity contribution >= 4 is 32.1 Å². The van der Waals surface area contributed by atoms with Crippen LogP contribution >= 0.6 is 8.60 Å². The molecule has 0 aliphatic rings. The molecule has 0 atom stereocenters. The van der Waals surface area contributed by atoms with Crippen LogP contribution in [0.15, 0.2) is 42.5 Å². The second-order valence-electron chi connectivity index (χ2n) is 7.42. The SMILES string of the molecule is CCOP(OCC)OCc1ccc(OC(=O)c2ccc(C(F)(F)F)cc2NC(=O)CCCC(=O)O)cc1. The summed E-state index contributed by atoms with van der Waals surface area (Å²) in [6.07, 6.45) is -5.28. The Morgan fingerprint density at radius 3 is 2.16 bits per heavy atom. The summed E-state index contributed by atoms with van der Waals surface area (Å²) in [5, 5.41) is 10.9. The van der Waals surface area contributed by atoms with Crippen LogP contribution in [0.4, 0.5) is 18.9 Å². The summed E-state index contributed by atoms with van der Waals surface area (Å²) in [5.74, 6) is -2.73. The highest BCUT2D eigenvalue weighted by Crippen LogP contribution is 2.40. The quantitative estimate of drug-likeness (QED) is 0.170. The lowest BCUT2D eigenvalue weighted by molar-refractivity contribution is -0.138. The van der Waals surface area contributed by atoms with Crippen LogP contribution in [0.3, 0.4) is 0 Å². The van der Waals surface area contributed by atoms with E-state index in [1.54, 1.807) is 12.1 Å². The van der Waals surface area contributed by atoms with Crippen molar-refractivity contribution < 1.29 is 51.0 Å². The average molecular weight is 545 g/mol. The van der Waals surface area contributed by atoms with Gasteiger partial charge in [0.15, 0.2) is 0 Å². The molecule has 2 aromatic carbocycles. The van der Waals surface area contributed by atoms with E-state index in [0.29, 0.717) is 25.3 Å². The minimum atomic E-state index is -4.71. The molecule has 0 fully saturated rings. The Hall–Kier alpha value is -3.05. The molecule has 13 heteroatoms. The topological polar surface area (TPSA) is 120 Å². The zero-order valence-electron chi connectivity index (χ0n) is 20.2. The molecular weight excluding hydrogens is 518 g/mol. The highest BCUT2D eigenvalue weighted by molar-refractivity contribution is 7.41. The molecular formula is C24H27F3NO8P. The van der Waals surface area contributed by atoms with Gasteiger partial charge >= 0.3 is 26.7 Å². The number of rotatable bonds is 14. The number of alkyl halides is 3. The smallest absolute Gasteiger partial charge is 0.416 e. The number of ether oxygens (including phenoxy) is 1. The maximum atomic E-state index is 13.2. The summed E-state index contributed by atoms with van der Waals surface area (Å²) in [7, 11) is -1.50. The van der Waals surface area contributed by atoms with Gasteiger partial charge < -0.3 is 28.7 Å². The van der Waals surface area contributed by atoms with Crippen molar-refractivity contribution in [3.05, 3.63) is 59.2 Å². The van der Waals surface area contributed by atoms with E-state index in [9.17, 15) is 27.6 Å². The van der Waals surface area contributed by atoms with E-state index in [1.807, 2.05) is 13.8 Å². The summed E-state index contributed by atoms with van der Waals surface area (Å²) in [4.78, 5) is 35.5. The van der Waals surface area contributed by atoms with E-state index in [-0.39, 0.29) is 37.2 Å². The van der Waals surface area contributed by atoms with Crippen molar-refractivity contribution in [3.8, 4) is 5.75 Å². The minimum Gasteiger partial charge on any atom is -0.481 e. The van der Waals surface area contributed by atoms with Crippen molar-refractivity contribution in [3.63, 3.8) is 0 Å². The van der Waals surface area contributed by atoms with Gasteiger partial charge in [-0.05, 0) is 56.2 Å². The molecule has 2 N–H and O–H groups in total. The zero-order chi connectivity index (χ0) is 27.4. The number of carbonyl (C=O) groups is 3. The highest BCUT2D eigenvalue weighted by Gasteiger charge is 2.32. The fraction of sp³-hybridized carbons (Fsp3) is 0.375. The van der Waals surface area contributed by atoms with Crippen molar-refractivity contribution in [2.24, 2.45) is 0 Å². The average Bonchev–Trinajstić information content (AvgIpc) is 2.83. The van der Waals surface area contributed by atoms with Gasteiger partial charge in [0.25, 0.3) is 0 Å². The lowest BCUT2D eigenvalue weighted by Gasteiger charge is -2.15. The molecule has 202 valence electrons. The number of hydrogen-bond acceptors (Lipinski definition) is 7. The van der Waals surface area contributed by atoms with Gasteiger partial charge in [-0.3, -0.25) is 9.59 Å². The monoisotopic (exact) mass is 545 g/mol. The molecule has 0 bridgehead atoms. The molecule has 0 aliphatic heterocycles. The van der Waals surface area contributed by atoms with Crippen LogP contribution < -0.4 is 10.1 Å². The van der Waals surface area contributed by atoms with Gasteiger partial charge in [0, 0.05) is 12.8 Å². The van der Waals surface area contributed by atoms with Crippen molar-refractivity contribution in [2.75, 3.05) is 18.5 Å². The molecule has 0 heterocycles. The van der Waals surface area contributed by atoms with Gasteiger partial charge in [0.05, 0.1) is 36.6 Å². The number of benzene rings is 2. The second kappa shape index (κ2) is 14.6. The molecule has 37 heavy (non-hydrogen) atoms. The van der Waals surface area contributed by atoms with Crippen LogP contribution in [0.5, 0.6) is 5.75 Å². The van der Waals surface area contributed by atoms with E-state index in [2.05, 4.69) is 5.32 Å². The van der Waals surface area contributed by atoms with Crippen molar-refractivity contribution in [1.82, 2.24) is 0 Å². The fourth-order valence-electron chi connectivity index (χ4n) is 2.88. The van der Waals surface area contributed by atoms with Gasteiger partial charge in [-0.15, -0.1) is 0 Å². The number of nitrogens with one attached hydrogen (secondary N) is 1. The first-order chi connectivity index (χ1) is 17.5. The zero-order valence-corrected chi connectivity index (χ0v) is 21.1. The largest absolute Gasteiger partial charge is 0.481 e. The van der Waals surface area contributed by atoms with Gasteiger partial charge in [0.2, 0.25) is 5.91 Å². The molecule has 0 aromatic heterocycles. The first-order valence-electron chi connectivity index (χ1n) is 11.3. The van der Waals surface area contributed by atoms with Gasteiger partial charge in [-0.25, -0.2) is 4.79 Å². The number of hydrogen-bond donors (Lipinski definition) is 2. The predicted octanol–water partition coefficient (Wildman–Crippen LogP) is 5.93. The van der Waals surface area contributed by atoms with Crippen LogP contribution in [0.2, 0.25) is 0 Å². The molecule has 9 nitrogen and oxygen atoms in total. The number of halogens is 3. The molecule has 0 spiro atoms. The number of esters is 1. The summed E-state index contributed by atoms with van der Waals surface area (Å²) >= 11 is 0. The maximum Gasteiger partial charge on any atom is 0.416 e. The Balaban J connectivity index is 2.12. The number of aliphatic carboxylic acids is 1. The molecule has 0 radical (unpaired) electrons. The van der Waals surface area contributed by atoms with Crippen LogP contribution in [-0.4, -0.2) is 36.2 Å². The van der Waals surface area contributed by atoms with Gasteiger partial charge in [-0.1, -0.05) is 12.1 Å². The van der Waals surface area contributed by atoms with E-state index < -0.39 is 43.9 Å². The Kier molecular flexibility index (Phi) is 11.9. The fourth-order valence-corrected chi connectivity index (χ4v) is 3.78. The molecule has 0 aliphatic carbocycles. The van der Waals surface area contributed by atoms with E-state index >= 15 is 0 Å². The molecule has 0 unspecified atom stereocenters. The first-order valence-corrected chi connectivity index (χ1v) is 12.4. The van der Waals surface area contributed by atoms with Crippen LogP contribution in [0.25, 0.3) is 0 Å². The number of carboxylic acid groups (broad SMARTS) is 1. The third kappa shape index (κ3) is 10.5. The molecule has 2 aromatic rings. The Labute approximate surface area is 212 Å². The van der Waals surface area contributed by atoms with Crippen molar-refractivity contribution in [2.45, 2.75) is 45.9 Å². The summed E-state index contributed by atoms with van der Waals surface area (Å²) < 4.78 is 61.2. The van der Waals surface area contributed by atoms with Gasteiger partial charge in [-0.2, -0.15) is 13.2 Å². The standard InChI is InChI=1S/C24H27F3NO8P/c1-3-33-37(34-4-2)35-15-16-8-11-18(12-9-16)36-23(32)19-13-10-17(24(25,26)27)14-20(19)28-21(29)6-5-7-22(30)31/h8-14H,3-7,15H2,1-2H3,(H,28,29)(H,30,31). The molecule has 0 saturated carbocycles. The van der Waals surface area contributed by atoms with Crippen molar-refractivity contribution in [1.29, 1.82) is 0 Å². The maximum absolute atomic E-state index is 13.2. The highest BCUT2D eigenvalue weighted by atomic mass is 31.2. The summed E-state index contributed by atoms with van der Waals surface area (Å²) in [6, 6.07) is 8.46. The van der Waals surface area contributed by atoms with Gasteiger partial charge in [0.1, 0.15) is 5.75 Å². The van der Waals surface area contributed by atoms with E-state index in [4.69, 9.17) is 23.4 Å². The summed E-state index contributed by atoms with van der Waals surface area (Å²) in [5.41, 5.74) is -1.04. The van der Waals surface area contributed by atoms with Crippen LogP contribution in [0.1, 0.15) is 54.6 Å². The number of carbonyl (C=O) groups excluding carboxylic acids is 2. The number of anilines is 1. The van der Waals surface area contributed by atoms with Crippen LogP contribution in [0, 0.1) is 0 Å². The lowest BCUT2D eigenvalue weighted by Crippen LogP contribution is -2.18. The Morgan fingerprint density at radius 1 is 0.946 bits per heavy atom. The number of amides is 1. The minimum absolute atomic E-state index is 0.0208. The first kappa shape index (κ1) is 30.2. The number of carboxylic acids is 1. The molecule has 0 saturated heterocycles. The third-order valence-electron chi connectivity index (χ3n) is 4.57. The molecule has 1 amide bonds. The third-order valence-corrected chi connectivity index (χ3v) is 5.85. The van der Waals surface area contributed by atoms with E-state index in [0.717, 1.165) is 11.6 Å². The Bertz CT molecular complexity index is 1060. The van der Waals surface area contributed by atoms with Crippen LogP contribution in [-0.2, 0) is 35.9 Å². The predicted molar refractivity (Wildman–Crippen MR) is 128 cm³/mol. The molecule has 2 rings (SSSR count). The van der Waals surface area contributed by atoms with E-state index in [1.165, 1.54) is 12.1 Å². The normalized spacial score (nSPS) is 11.4. The lowest BCUT2D eigenvalue weighted by atomic mass is 10.1. The Morgan fingerprint density at radius 2 is 1.59 bits per heavy atom.